The second-order valence-corrected chi connectivity index (χ2v) is 9.55. The third kappa shape index (κ3) is 5.35. The van der Waals surface area contributed by atoms with E-state index in [9.17, 15) is 9.59 Å². The highest BCUT2D eigenvalue weighted by molar-refractivity contribution is 7.59. The predicted molar refractivity (Wildman–Crippen MR) is 160 cm³/mol. The Hall–Kier alpha value is -4.43. The number of amides is 1. The first kappa shape index (κ1) is 27.1. The zero-order valence-corrected chi connectivity index (χ0v) is 23.0. The summed E-state index contributed by atoms with van der Waals surface area (Å²) in [5, 5.41) is 2.11. The summed E-state index contributed by atoms with van der Waals surface area (Å²) >= 11 is 0. The highest BCUT2D eigenvalue weighted by atomic mass is 32.1. The highest BCUT2D eigenvalue weighted by Gasteiger charge is 2.37. The number of nitrogens with zero attached hydrogens (tertiary/aromatic N) is 3. The van der Waals surface area contributed by atoms with Crippen LogP contribution < -0.4 is 19.9 Å². The fourth-order valence-electron chi connectivity index (χ4n) is 5.16. The van der Waals surface area contributed by atoms with E-state index in [1.807, 2.05) is 78.9 Å². The molecule has 1 amide bonds. The van der Waals surface area contributed by atoms with Gasteiger partial charge in [0.15, 0.2) is 11.4 Å². The standard InChI is InChI=1S/C32H29N3O4.H2S/c36-27-18-20-34-30(31(27)39-22-24-12-4-1-5-13-24)32(37)33-19-10-3-11-21-38-28-17-9-8-16-26(28)29(35(34)23-33)25-14-6-2-7-15-25;/h1-9,11-18,20,29H,10,19,21-23H2;1H2/b11-3+;/t29-;/m0./s1. The SMILES string of the molecule is O=C1c2c(OCc3ccccc3)c(=O)ccn2N2CN1CC/C=C/COc1ccccc1[C@@H]2c1ccccc1.S. The average Bonchev–Trinajstić information content (AvgIpc) is 2.97. The highest BCUT2D eigenvalue weighted by Crippen LogP contribution is 2.37. The van der Waals surface area contributed by atoms with Gasteiger partial charge in [-0.15, -0.1) is 0 Å². The number of fused-ring (bicyclic) bond motifs is 5. The van der Waals surface area contributed by atoms with E-state index < -0.39 is 0 Å². The van der Waals surface area contributed by atoms with Crippen molar-refractivity contribution in [1.29, 1.82) is 0 Å². The third-order valence-electron chi connectivity index (χ3n) is 7.04. The molecular formula is C32H31N3O4S. The summed E-state index contributed by atoms with van der Waals surface area (Å²) in [6, 6.07) is 28.9. The van der Waals surface area contributed by atoms with Gasteiger partial charge in [-0.05, 0) is 23.6 Å². The van der Waals surface area contributed by atoms with Crippen molar-refractivity contribution < 1.29 is 14.3 Å². The molecule has 7 nitrogen and oxygen atoms in total. The Labute approximate surface area is 240 Å². The molecule has 8 heteroatoms. The summed E-state index contributed by atoms with van der Waals surface area (Å²) in [4.78, 5) is 28.9. The third-order valence-corrected chi connectivity index (χ3v) is 7.04. The molecule has 0 saturated heterocycles. The van der Waals surface area contributed by atoms with E-state index in [0.717, 1.165) is 22.4 Å². The first-order chi connectivity index (χ1) is 19.2. The molecule has 3 heterocycles. The summed E-state index contributed by atoms with van der Waals surface area (Å²) in [7, 11) is 0. The minimum absolute atomic E-state index is 0. The van der Waals surface area contributed by atoms with Gasteiger partial charge in [0, 0.05) is 24.4 Å². The largest absolute Gasteiger partial charge is 0.489 e. The number of aromatic nitrogens is 1. The van der Waals surface area contributed by atoms with Crippen LogP contribution in [-0.4, -0.2) is 35.3 Å². The number of ether oxygens (including phenoxy) is 2. The number of rotatable bonds is 4. The maximum Gasteiger partial charge on any atom is 0.277 e. The average molecular weight is 554 g/mol. The molecule has 1 aromatic heterocycles. The van der Waals surface area contributed by atoms with Crippen molar-refractivity contribution in [1.82, 2.24) is 9.58 Å². The van der Waals surface area contributed by atoms with Crippen LogP contribution >= 0.6 is 13.5 Å². The van der Waals surface area contributed by atoms with Gasteiger partial charge >= 0.3 is 0 Å². The minimum Gasteiger partial charge on any atom is -0.489 e. The van der Waals surface area contributed by atoms with Crippen molar-refractivity contribution in [3.8, 4) is 11.5 Å². The Morgan fingerprint density at radius 1 is 0.850 bits per heavy atom. The van der Waals surface area contributed by atoms with Crippen molar-refractivity contribution in [2.45, 2.75) is 19.1 Å². The van der Waals surface area contributed by atoms with Crippen molar-refractivity contribution in [3.05, 3.63) is 142 Å². The topological polar surface area (TPSA) is 64.0 Å². The zero-order chi connectivity index (χ0) is 26.6. The summed E-state index contributed by atoms with van der Waals surface area (Å²) in [6.45, 7) is 1.44. The van der Waals surface area contributed by atoms with Crippen molar-refractivity contribution in [3.63, 3.8) is 0 Å². The van der Waals surface area contributed by atoms with Crippen LogP contribution in [0.15, 0.2) is 114 Å². The summed E-state index contributed by atoms with van der Waals surface area (Å²) in [5.41, 5.74) is 2.81. The quantitative estimate of drug-likeness (QED) is 0.332. The lowest BCUT2D eigenvalue weighted by Gasteiger charge is -2.44. The van der Waals surface area contributed by atoms with E-state index >= 15 is 0 Å². The number of carbonyl (C=O) groups excluding carboxylic acids is 1. The first-order valence-electron chi connectivity index (χ1n) is 13.1. The van der Waals surface area contributed by atoms with Crippen molar-refractivity contribution in [2.24, 2.45) is 0 Å². The van der Waals surface area contributed by atoms with E-state index in [1.165, 1.54) is 6.07 Å². The molecule has 40 heavy (non-hydrogen) atoms. The second-order valence-electron chi connectivity index (χ2n) is 9.55. The maximum atomic E-state index is 13.9. The van der Waals surface area contributed by atoms with Crippen LogP contribution in [0.5, 0.6) is 11.5 Å². The van der Waals surface area contributed by atoms with E-state index in [2.05, 4.69) is 23.2 Å². The minimum atomic E-state index is -0.326. The van der Waals surface area contributed by atoms with Crippen LogP contribution in [-0.2, 0) is 6.61 Å². The van der Waals surface area contributed by atoms with Gasteiger partial charge in [0.25, 0.3) is 5.91 Å². The molecule has 0 aliphatic carbocycles. The number of hydrogen-bond donors (Lipinski definition) is 0. The number of carbonyl (C=O) groups is 1. The molecule has 1 atom stereocenters. The van der Waals surface area contributed by atoms with Crippen molar-refractivity contribution >= 4 is 19.4 Å². The maximum absolute atomic E-state index is 13.9. The molecular weight excluding hydrogens is 522 g/mol. The molecule has 4 aromatic rings. The van der Waals surface area contributed by atoms with Crippen LogP contribution in [0.3, 0.4) is 0 Å². The Morgan fingerprint density at radius 3 is 2.38 bits per heavy atom. The Balaban J connectivity index is 0.00000323. The van der Waals surface area contributed by atoms with Gasteiger partial charge in [0.1, 0.15) is 31.7 Å². The monoisotopic (exact) mass is 553 g/mol. The zero-order valence-electron chi connectivity index (χ0n) is 22.0. The van der Waals surface area contributed by atoms with Gasteiger partial charge in [-0.2, -0.15) is 13.5 Å². The molecule has 0 N–H and O–H groups in total. The summed E-state index contributed by atoms with van der Waals surface area (Å²) in [6.07, 6.45) is 6.34. The van der Waals surface area contributed by atoms with Gasteiger partial charge in [-0.1, -0.05) is 91.0 Å². The van der Waals surface area contributed by atoms with E-state index in [1.54, 1.807) is 15.8 Å². The van der Waals surface area contributed by atoms with E-state index in [0.29, 0.717) is 26.2 Å². The van der Waals surface area contributed by atoms with Gasteiger partial charge in [0.05, 0.1) is 0 Å². The normalized spacial score (nSPS) is 17.2. The van der Waals surface area contributed by atoms with Crippen LogP contribution in [0.25, 0.3) is 0 Å². The van der Waals surface area contributed by atoms with E-state index in [-0.39, 0.29) is 48.9 Å². The lowest BCUT2D eigenvalue weighted by molar-refractivity contribution is 0.0679. The second kappa shape index (κ2) is 12.2. The van der Waals surface area contributed by atoms with Gasteiger partial charge < -0.3 is 14.4 Å². The Bertz CT molecular complexity index is 1560. The fraction of sp³-hybridized carbons (Fsp3) is 0.188. The van der Waals surface area contributed by atoms with Crippen molar-refractivity contribution in [2.75, 3.05) is 24.8 Å². The lowest BCUT2D eigenvalue weighted by atomic mass is 9.97. The molecule has 0 unspecified atom stereocenters. The van der Waals surface area contributed by atoms with Crippen LogP contribution in [0.2, 0.25) is 0 Å². The molecule has 0 radical (unpaired) electrons. The molecule has 2 aliphatic rings. The van der Waals surface area contributed by atoms with Crippen LogP contribution in [0.4, 0.5) is 0 Å². The number of benzene rings is 3. The van der Waals surface area contributed by atoms with E-state index in [4.69, 9.17) is 9.47 Å². The summed E-state index contributed by atoms with van der Waals surface area (Å²) < 4.78 is 14.1. The number of pyridine rings is 1. The summed E-state index contributed by atoms with van der Waals surface area (Å²) in [5.74, 6) is 0.594. The molecule has 0 saturated carbocycles. The smallest absolute Gasteiger partial charge is 0.277 e. The molecule has 0 spiro atoms. The fourth-order valence-corrected chi connectivity index (χ4v) is 5.16. The molecule has 6 rings (SSSR count). The Kier molecular flexibility index (Phi) is 8.26. The number of hydrogen-bond acceptors (Lipinski definition) is 5. The molecule has 2 aliphatic heterocycles. The lowest BCUT2D eigenvalue weighted by Crippen LogP contribution is -2.55. The molecule has 204 valence electrons. The first-order valence-corrected chi connectivity index (χ1v) is 13.1. The van der Waals surface area contributed by atoms with Gasteiger partial charge in [-0.3, -0.25) is 19.3 Å². The Morgan fingerprint density at radius 2 is 1.57 bits per heavy atom. The van der Waals surface area contributed by atoms with Crippen LogP contribution in [0, 0.1) is 0 Å². The van der Waals surface area contributed by atoms with Gasteiger partial charge in [0.2, 0.25) is 5.43 Å². The van der Waals surface area contributed by atoms with Crippen LogP contribution in [0.1, 0.15) is 39.6 Å². The predicted octanol–water partition coefficient (Wildman–Crippen LogP) is 5.02. The van der Waals surface area contributed by atoms with Gasteiger partial charge in [-0.25, -0.2) is 0 Å². The molecule has 3 aromatic carbocycles. The molecule has 0 fully saturated rings. The molecule has 2 bridgehead atoms. The number of para-hydroxylation sites is 1.